The maximum Gasteiger partial charge on any atom is 0.266 e. The average molecular weight is 379 g/mol. The lowest BCUT2D eigenvalue weighted by Crippen LogP contribution is -2.30. The summed E-state index contributed by atoms with van der Waals surface area (Å²) in [6.07, 6.45) is 0. The molecule has 1 aliphatic rings. The predicted molar refractivity (Wildman–Crippen MR) is 105 cm³/mol. The molecular formula is C21H21N3O4. The van der Waals surface area contributed by atoms with Crippen LogP contribution in [0.15, 0.2) is 36.4 Å². The molecule has 0 aliphatic carbocycles. The van der Waals surface area contributed by atoms with E-state index in [2.05, 4.69) is 10.6 Å². The molecule has 2 aromatic rings. The van der Waals surface area contributed by atoms with E-state index in [-0.39, 0.29) is 22.7 Å². The topological polar surface area (TPSA) is 95.6 Å². The Kier molecular flexibility index (Phi) is 5.00. The molecule has 0 saturated heterocycles. The second-order valence-corrected chi connectivity index (χ2v) is 6.83. The summed E-state index contributed by atoms with van der Waals surface area (Å²) in [5, 5.41) is 4.97. The van der Waals surface area contributed by atoms with Gasteiger partial charge in [0.15, 0.2) is 0 Å². The van der Waals surface area contributed by atoms with Gasteiger partial charge in [0, 0.05) is 25.2 Å². The van der Waals surface area contributed by atoms with Crippen molar-refractivity contribution in [1.29, 1.82) is 0 Å². The van der Waals surface area contributed by atoms with Crippen LogP contribution in [0.5, 0.6) is 0 Å². The second kappa shape index (κ2) is 7.26. The normalized spacial score (nSPS) is 13.0. The Balaban J connectivity index is 2.12. The Labute approximate surface area is 162 Å². The van der Waals surface area contributed by atoms with Gasteiger partial charge in [0.2, 0.25) is 0 Å². The summed E-state index contributed by atoms with van der Waals surface area (Å²) in [6, 6.07) is 9.47. The molecule has 2 aromatic carbocycles. The fourth-order valence-electron chi connectivity index (χ4n) is 3.14. The minimum atomic E-state index is -0.479. The average Bonchev–Trinajstić information content (AvgIpc) is 2.96. The largest absolute Gasteiger partial charge is 0.355 e. The van der Waals surface area contributed by atoms with Gasteiger partial charge in [-0.3, -0.25) is 19.2 Å². The van der Waals surface area contributed by atoms with Gasteiger partial charge in [-0.1, -0.05) is 19.9 Å². The lowest BCUT2D eigenvalue weighted by Gasteiger charge is -2.16. The van der Waals surface area contributed by atoms with Crippen LogP contribution in [0.2, 0.25) is 0 Å². The molecule has 1 heterocycles. The number of amides is 4. The van der Waals surface area contributed by atoms with Gasteiger partial charge < -0.3 is 10.6 Å². The van der Waals surface area contributed by atoms with Crippen LogP contribution in [0.1, 0.15) is 66.8 Å². The van der Waals surface area contributed by atoms with Crippen molar-refractivity contribution < 1.29 is 19.2 Å². The molecule has 0 radical (unpaired) electrons. The molecule has 0 fully saturated rings. The van der Waals surface area contributed by atoms with Crippen molar-refractivity contribution >= 4 is 29.3 Å². The van der Waals surface area contributed by atoms with E-state index < -0.39 is 23.6 Å². The number of fused-ring (bicyclic) bond motifs is 1. The second-order valence-electron chi connectivity index (χ2n) is 6.83. The van der Waals surface area contributed by atoms with Gasteiger partial charge in [-0.25, -0.2) is 4.90 Å². The first kappa shape index (κ1) is 19.3. The minimum absolute atomic E-state index is 0.178. The first-order valence-electron chi connectivity index (χ1n) is 8.90. The maximum absolute atomic E-state index is 13.0. The monoisotopic (exact) mass is 379 g/mol. The summed E-state index contributed by atoms with van der Waals surface area (Å²) >= 11 is 0. The Morgan fingerprint density at radius 1 is 0.821 bits per heavy atom. The van der Waals surface area contributed by atoms with Crippen molar-refractivity contribution in [3.05, 3.63) is 64.2 Å². The van der Waals surface area contributed by atoms with Crippen molar-refractivity contribution in [2.24, 2.45) is 0 Å². The number of carbonyl (C=O) groups excluding carboxylic acids is 4. The van der Waals surface area contributed by atoms with Crippen LogP contribution in [-0.4, -0.2) is 37.7 Å². The van der Waals surface area contributed by atoms with Gasteiger partial charge in [0.05, 0.1) is 16.8 Å². The van der Waals surface area contributed by atoms with Crippen molar-refractivity contribution in [3.8, 4) is 0 Å². The molecular weight excluding hydrogens is 358 g/mol. The predicted octanol–water partition coefficient (Wildman–Crippen LogP) is 2.33. The van der Waals surface area contributed by atoms with E-state index in [0.29, 0.717) is 11.1 Å². The van der Waals surface area contributed by atoms with E-state index in [0.717, 1.165) is 10.5 Å². The van der Waals surface area contributed by atoms with Gasteiger partial charge >= 0.3 is 0 Å². The Morgan fingerprint density at radius 2 is 1.36 bits per heavy atom. The molecule has 144 valence electrons. The standard InChI is InChI=1S/C21H21N3O4/c1-11(2)12-5-6-16-17(10-12)21(28)24(20(16)27)15-8-13(18(25)22-3)7-14(9-15)19(26)23-4/h5-11H,1-4H3,(H,22,25)(H,23,26). The summed E-state index contributed by atoms with van der Waals surface area (Å²) < 4.78 is 0. The van der Waals surface area contributed by atoms with Crippen LogP contribution in [0.25, 0.3) is 0 Å². The molecule has 7 nitrogen and oxygen atoms in total. The number of nitrogens with one attached hydrogen (secondary N) is 2. The number of hydrogen-bond acceptors (Lipinski definition) is 4. The van der Waals surface area contributed by atoms with E-state index in [1.807, 2.05) is 19.9 Å². The minimum Gasteiger partial charge on any atom is -0.355 e. The highest BCUT2D eigenvalue weighted by molar-refractivity contribution is 6.34. The van der Waals surface area contributed by atoms with Crippen molar-refractivity contribution in [1.82, 2.24) is 10.6 Å². The first-order chi connectivity index (χ1) is 13.3. The molecule has 1 aliphatic heterocycles. The lowest BCUT2D eigenvalue weighted by molar-refractivity contribution is 0.0916. The molecule has 28 heavy (non-hydrogen) atoms. The smallest absolute Gasteiger partial charge is 0.266 e. The number of rotatable bonds is 4. The van der Waals surface area contributed by atoms with Gasteiger partial charge in [0.1, 0.15) is 0 Å². The van der Waals surface area contributed by atoms with Crippen LogP contribution in [-0.2, 0) is 0 Å². The molecule has 2 N–H and O–H groups in total. The lowest BCUT2D eigenvalue weighted by atomic mass is 9.98. The van der Waals surface area contributed by atoms with E-state index in [4.69, 9.17) is 0 Å². The molecule has 4 amide bonds. The molecule has 0 bridgehead atoms. The van der Waals surface area contributed by atoms with E-state index in [1.54, 1.807) is 12.1 Å². The number of benzene rings is 2. The number of anilines is 1. The molecule has 0 aromatic heterocycles. The van der Waals surface area contributed by atoms with E-state index >= 15 is 0 Å². The molecule has 0 unspecified atom stereocenters. The highest BCUT2D eigenvalue weighted by atomic mass is 16.2. The Bertz CT molecular complexity index is 976. The van der Waals surface area contributed by atoms with Crippen LogP contribution >= 0.6 is 0 Å². The molecule has 0 spiro atoms. The Morgan fingerprint density at radius 3 is 1.86 bits per heavy atom. The first-order valence-corrected chi connectivity index (χ1v) is 8.90. The number of hydrogen-bond donors (Lipinski definition) is 2. The number of nitrogens with zero attached hydrogens (tertiary/aromatic N) is 1. The third kappa shape index (κ3) is 3.15. The zero-order valence-electron chi connectivity index (χ0n) is 16.1. The fraction of sp³-hybridized carbons (Fsp3) is 0.238. The zero-order chi connectivity index (χ0) is 20.6. The van der Waals surface area contributed by atoms with Gasteiger partial charge in [-0.15, -0.1) is 0 Å². The maximum atomic E-state index is 13.0. The van der Waals surface area contributed by atoms with Crippen molar-refractivity contribution in [3.63, 3.8) is 0 Å². The fourth-order valence-corrected chi connectivity index (χ4v) is 3.14. The van der Waals surface area contributed by atoms with Crippen molar-refractivity contribution in [2.75, 3.05) is 19.0 Å². The van der Waals surface area contributed by atoms with Gasteiger partial charge in [-0.2, -0.15) is 0 Å². The van der Waals surface area contributed by atoms with Crippen molar-refractivity contribution in [2.45, 2.75) is 19.8 Å². The van der Waals surface area contributed by atoms with E-state index in [1.165, 1.54) is 32.3 Å². The summed E-state index contributed by atoms with van der Waals surface area (Å²) in [7, 11) is 2.92. The number of imide groups is 1. The van der Waals surface area contributed by atoms with Crippen LogP contribution in [0.3, 0.4) is 0 Å². The zero-order valence-corrected chi connectivity index (χ0v) is 16.1. The SMILES string of the molecule is CNC(=O)c1cc(C(=O)NC)cc(N2C(=O)c3ccc(C(C)C)cc3C2=O)c1. The van der Waals surface area contributed by atoms with Crippen LogP contribution in [0.4, 0.5) is 5.69 Å². The van der Waals surface area contributed by atoms with Gasteiger partial charge in [-0.05, 0) is 41.8 Å². The summed E-state index contributed by atoms with van der Waals surface area (Å²) in [5.74, 6) is -1.60. The highest BCUT2D eigenvalue weighted by Gasteiger charge is 2.37. The number of carbonyl (C=O) groups is 4. The third-order valence-corrected chi connectivity index (χ3v) is 4.73. The third-order valence-electron chi connectivity index (χ3n) is 4.73. The summed E-state index contributed by atoms with van der Waals surface area (Å²) in [6.45, 7) is 4.01. The van der Waals surface area contributed by atoms with Crippen LogP contribution < -0.4 is 15.5 Å². The summed E-state index contributed by atoms with van der Waals surface area (Å²) in [5.41, 5.74) is 2.12. The van der Waals surface area contributed by atoms with Crippen LogP contribution in [0, 0.1) is 0 Å². The molecule has 0 atom stereocenters. The molecule has 0 saturated carbocycles. The quantitative estimate of drug-likeness (QED) is 0.797. The highest BCUT2D eigenvalue weighted by Crippen LogP contribution is 2.31. The molecule has 3 rings (SSSR count). The van der Waals surface area contributed by atoms with Gasteiger partial charge in [0.25, 0.3) is 23.6 Å². The molecule has 7 heteroatoms. The Hall–Kier alpha value is -3.48. The summed E-state index contributed by atoms with van der Waals surface area (Å²) in [4.78, 5) is 51.1. The van der Waals surface area contributed by atoms with E-state index in [9.17, 15) is 19.2 Å².